The van der Waals surface area contributed by atoms with E-state index < -0.39 is 39.9 Å². The van der Waals surface area contributed by atoms with Gasteiger partial charge in [-0.05, 0) is 57.5 Å². The third-order valence-corrected chi connectivity index (χ3v) is 6.48. The fourth-order valence-corrected chi connectivity index (χ4v) is 4.59. The van der Waals surface area contributed by atoms with E-state index in [1.807, 2.05) is 6.07 Å². The minimum absolute atomic E-state index is 0. The predicted octanol–water partition coefficient (Wildman–Crippen LogP) is 1.96. The van der Waals surface area contributed by atoms with Crippen molar-refractivity contribution in [1.82, 2.24) is 4.98 Å². The summed E-state index contributed by atoms with van der Waals surface area (Å²) in [6, 6.07) is 7.64. The van der Waals surface area contributed by atoms with Crippen LogP contribution >= 0.6 is 0 Å². The molecule has 0 spiro atoms. The molecule has 1 N–H and O–H groups in total. The van der Waals surface area contributed by atoms with E-state index >= 15 is 0 Å². The molecule has 14 heteroatoms. The van der Waals surface area contributed by atoms with Gasteiger partial charge in [0.2, 0.25) is 0 Å². The number of allylic oxidation sites excluding steroid dienone is 1. The number of nitrogens with one attached hydrogen (secondary N) is 1. The van der Waals surface area contributed by atoms with Crippen LogP contribution in [-0.4, -0.2) is 43.7 Å². The minimum Gasteiger partial charge on any atom is -1.00 e. The van der Waals surface area contributed by atoms with Crippen LogP contribution in [0.1, 0.15) is 46.3 Å². The maximum absolute atomic E-state index is 13.3. The van der Waals surface area contributed by atoms with Crippen molar-refractivity contribution in [2.45, 2.75) is 50.3 Å². The Labute approximate surface area is 247 Å². The molecule has 3 rings (SSSR count). The molecule has 39 heavy (non-hydrogen) atoms. The molecular weight excluding hydrogens is 548 g/mol. The molecule has 1 aliphatic rings. The summed E-state index contributed by atoms with van der Waals surface area (Å²) in [7, 11) is -3.95. The molecule has 1 aromatic carbocycles. The van der Waals surface area contributed by atoms with Crippen molar-refractivity contribution in [1.29, 1.82) is 5.26 Å². The van der Waals surface area contributed by atoms with Gasteiger partial charge in [0.05, 0.1) is 28.8 Å². The summed E-state index contributed by atoms with van der Waals surface area (Å²) in [6.45, 7) is 4.39. The van der Waals surface area contributed by atoms with Gasteiger partial charge in [0.25, 0.3) is 0 Å². The first-order valence-electron chi connectivity index (χ1n) is 11.3. The monoisotopic (exact) mass is 574 g/mol. The Morgan fingerprint density at radius 2 is 1.87 bits per heavy atom. The van der Waals surface area contributed by atoms with Crippen LogP contribution in [0.25, 0.3) is 0 Å². The molecular formula is C25H26F3N4NaO5S. The van der Waals surface area contributed by atoms with Gasteiger partial charge in [0.15, 0.2) is 15.6 Å². The number of anilines is 2. The zero-order chi connectivity index (χ0) is 28.5. The van der Waals surface area contributed by atoms with Gasteiger partial charge < -0.3 is 11.5 Å². The first-order chi connectivity index (χ1) is 17.5. The Balaban J connectivity index is 0.00000400. The number of carbonyl (C=O) groups excluding carboxylic acids is 2. The van der Waals surface area contributed by atoms with Crippen LogP contribution in [0.15, 0.2) is 52.7 Å². The van der Waals surface area contributed by atoms with Crippen LogP contribution in [0.4, 0.5) is 29.3 Å². The summed E-state index contributed by atoms with van der Waals surface area (Å²) in [4.78, 5) is 30.0. The standard InChI is InChI=1S/C25H25F3N4O5S.Na.H/c1-24(2,3)37-23(34)32(19-7-5-15(13-29)11-21(19)38(4,35)36)14-17-18(6-8-20(17)33)31-16-9-10-30-22(12-16)25(26,27)28;;/h5,7,9-12H,6,8,14H2,1-4H3,(H,30,31);;/q;+1;-1. The number of pyridine rings is 1. The van der Waals surface area contributed by atoms with Gasteiger partial charge in [0, 0.05) is 35.8 Å². The third kappa shape index (κ3) is 8.28. The molecule has 0 unspecified atom stereocenters. The van der Waals surface area contributed by atoms with Crippen molar-refractivity contribution < 1.29 is 66.9 Å². The molecule has 0 bridgehead atoms. The van der Waals surface area contributed by atoms with Crippen molar-refractivity contribution in [2.24, 2.45) is 0 Å². The number of ether oxygens (including phenoxy) is 1. The third-order valence-electron chi connectivity index (χ3n) is 5.36. The number of ketones is 1. The van der Waals surface area contributed by atoms with Gasteiger partial charge in [0.1, 0.15) is 11.3 Å². The van der Waals surface area contributed by atoms with Crippen LogP contribution in [0.2, 0.25) is 0 Å². The first kappa shape index (κ1) is 32.3. The molecule has 1 heterocycles. The molecule has 0 fully saturated rings. The molecule has 0 atom stereocenters. The fourth-order valence-electron chi connectivity index (χ4n) is 3.69. The summed E-state index contributed by atoms with van der Waals surface area (Å²) in [5, 5.41) is 12.1. The SMILES string of the molecule is CC(C)(C)OC(=O)N(CC1=C(Nc2ccnc(C(F)(F)F)c2)CCC1=O)c1ccc(C#N)cc1S(C)(=O)=O.[H-].[Na+]. The van der Waals surface area contributed by atoms with Crippen molar-refractivity contribution in [3.8, 4) is 6.07 Å². The van der Waals surface area contributed by atoms with Crippen LogP contribution in [-0.2, 0) is 25.5 Å². The number of rotatable bonds is 6. The van der Waals surface area contributed by atoms with E-state index in [4.69, 9.17) is 4.74 Å². The molecule has 1 amide bonds. The Bertz CT molecular complexity index is 1470. The number of carbonyl (C=O) groups is 2. The van der Waals surface area contributed by atoms with Crippen LogP contribution in [0.3, 0.4) is 0 Å². The van der Waals surface area contributed by atoms with Crippen LogP contribution in [0.5, 0.6) is 0 Å². The smallest absolute Gasteiger partial charge is 1.00 e. The number of alkyl halides is 3. The first-order valence-corrected chi connectivity index (χ1v) is 13.2. The van der Waals surface area contributed by atoms with Crippen LogP contribution in [0, 0.1) is 11.3 Å². The van der Waals surface area contributed by atoms with Crippen molar-refractivity contribution in [3.05, 3.63) is 59.1 Å². The number of halogens is 3. The summed E-state index contributed by atoms with van der Waals surface area (Å²) in [5.41, 5.74) is -1.80. The number of nitrogens with zero attached hydrogens (tertiary/aromatic N) is 3. The molecule has 9 nitrogen and oxygen atoms in total. The number of nitriles is 1. The molecule has 0 radical (unpaired) electrons. The Kier molecular flexibility index (Phi) is 10.0. The van der Waals surface area contributed by atoms with E-state index in [2.05, 4.69) is 10.3 Å². The van der Waals surface area contributed by atoms with Gasteiger partial charge in [-0.2, -0.15) is 18.4 Å². The number of hydrogen-bond donors (Lipinski definition) is 1. The van der Waals surface area contributed by atoms with Gasteiger partial charge in [-0.3, -0.25) is 14.7 Å². The van der Waals surface area contributed by atoms with Gasteiger partial charge in [-0.25, -0.2) is 13.2 Å². The average Bonchev–Trinajstić information content (AvgIpc) is 3.13. The summed E-state index contributed by atoms with van der Waals surface area (Å²) >= 11 is 0. The van der Waals surface area contributed by atoms with E-state index in [0.29, 0.717) is 0 Å². The van der Waals surface area contributed by atoms with Crippen molar-refractivity contribution in [3.63, 3.8) is 0 Å². The maximum Gasteiger partial charge on any atom is 1.00 e. The number of aromatic nitrogens is 1. The van der Waals surface area contributed by atoms with E-state index in [9.17, 15) is 36.4 Å². The Morgan fingerprint density at radius 3 is 2.44 bits per heavy atom. The fraction of sp³-hybridized carbons (Fsp3) is 0.360. The van der Waals surface area contributed by atoms with Gasteiger partial charge >= 0.3 is 41.8 Å². The predicted molar refractivity (Wildman–Crippen MR) is 133 cm³/mol. The topological polar surface area (TPSA) is 129 Å². The molecule has 204 valence electrons. The molecule has 1 aliphatic carbocycles. The normalized spacial score (nSPS) is 13.9. The minimum atomic E-state index is -4.68. The number of benzene rings is 1. The van der Waals surface area contributed by atoms with Crippen molar-refractivity contribution >= 4 is 33.1 Å². The number of sulfone groups is 1. The summed E-state index contributed by atoms with van der Waals surface area (Å²) in [5.74, 6) is -0.374. The van der Waals surface area contributed by atoms with E-state index in [1.54, 1.807) is 20.8 Å². The van der Waals surface area contributed by atoms with E-state index in [1.165, 1.54) is 18.2 Å². The van der Waals surface area contributed by atoms with Gasteiger partial charge in [-0.15, -0.1) is 0 Å². The number of Topliss-reactive ketones (excluding diaryl/α,β-unsaturated/α-hetero) is 1. The summed E-state index contributed by atoms with van der Waals surface area (Å²) < 4.78 is 69.9. The number of hydrogen-bond acceptors (Lipinski definition) is 8. The second-order valence-electron chi connectivity index (χ2n) is 9.57. The van der Waals surface area contributed by atoms with Crippen molar-refractivity contribution in [2.75, 3.05) is 23.0 Å². The largest absolute Gasteiger partial charge is 1.00 e. The molecule has 0 saturated heterocycles. The van der Waals surface area contributed by atoms with Crippen LogP contribution < -0.4 is 39.8 Å². The molecule has 0 saturated carbocycles. The molecule has 1 aromatic heterocycles. The zero-order valence-electron chi connectivity index (χ0n) is 23.0. The quantitative estimate of drug-likeness (QED) is 0.519. The zero-order valence-corrected chi connectivity index (χ0v) is 24.8. The number of amides is 1. The van der Waals surface area contributed by atoms with E-state index in [-0.39, 0.29) is 82.7 Å². The van der Waals surface area contributed by atoms with Gasteiger partial charge in [-0.1, -0.05) is 0 Å². The molecule has 2 aromatic rings. The second kappa shape index (κ2) is 12.1. The Hall–Kier alpha value is -2.92. The second-order valence-corrected chi connectivity index (χ2v) is 11.5. The average molecular weight is 575 g/mol. The van der Waals surface area contributed by atoms with E-state index in [0.717, 1.165) is 29.5 Å². The maximum atomic E-state index is 13.3. The molecule has 0 aliphatic heterocycles. The Morgan fingerprint density at radius 1 is 1.21 bits per heavy atom. The summed E-state index contributed by atoms with van der Waals surface area (Å²) in [6.07, 6.45) is -3.55.